The van der Waals surface area contributed by atoms with Gasteiger partial charge in [0, 0.05) is 21.5 Å². The Morgan fingerprint density at radius 3 is 2.81 bits per heavy atom. The van der Waals surface area contributed by atoms with Crippen LogP contribution in [0.4, 0.5) is 5.82 Å². The Labute approximate surface area is 137 Å². The molecule has 0 bridgehead atoms. The zero-order chi connectivity index (χ0) is 15.2. The summed E-state index contributed by atoms with van der Waals surface area (Å²) < 4.78 is 6.18. The molecule has 1 heterocycles. The molecule has 0 saturated heterocycles. The molecule has 0 saturated carbocycles. The molecule has 21 heavy (non-hydrogen) atoms. The first-order chi connectivity index (χ1) is 10.1. The van der Waals surface area contributed by atoms with E-state index in [0.717, 1.165) is 9.13 Å². The van der Waals surface area contributed by atoms with Crippen LogP contribution in [0, 0.1) is 3.57 Å². The number of aliphatic imine (C=N–C) groups is 1. The molecule has 108 valence electrons. The van der Waals surface area contributed by atoms with Gasteiger partial charge in [0.05, 0.1) is 5.57 Å². The lowest BCUT2D eigenvalue weighted by atomic mass is 10.1. The standard InChI is InChI=1S/C16H15IN2O2/c1-3-18-15-14(13(17)9-19-15)11(2)16(20)21-10-12-7-5-4-6-8-12/h3-9,19H,2,10H2,1H3. The molecule has 2 rings (SSSR count). The van der Waals surface area contributed by atoms with Crippen LogP contribution in [-0.2, 0) is 16.1 Å². The van der Waals surface area contributed by atoms with Crippen molar-refractivity contribution in [2.24, 2.45) is 4.99 Å². The Morgan fingerprint density at radius 1 is 1.43 bits per heavy atom. The van der Waals surface area contributed by atoms with Crippen LogP contribution in [0.5, 0.6) is 0 Å². The fourth-order valence-electron chi connectivity index (χ4n) is 1.82. The van der Waals surface area contributed by atoms with Crippen molar-refractivity contribution >= 4 is 46.2 Å². The van der Waals surface area contributed by atoms with Crippen molar-refractivity contribution in [3.63, 3.8) is 0 Å². The molecule has 0 aliphatic carbocycles. The van der Waals surface area contributed by atoms with Gasteiger partial charge in [-0.3, -0.25) is 0 Å². The molecule has 5 heteroatoms. The van der Waals surface area contributed by atoms with Gasteiger partial charge < -0.3 is 9.72 Å². The molecular weight excluding hydrogens is 379 g/mol. The third-order valence-corrected chi connectivity index (χ3v) is 3.68. The van der Waals surface area contributed by atoms with E-state index in [9.17, 15) is 4.79 Å². The molecule has 1 aromatic heterocycles. The number of hydrogen-bond donors (Lipinski definition) is 1. The van der Waals surface area contributed by atoms with Gasteiger partial charge in [-0.1, -0.05) is 36.9 Å². The van der Waals surface area contributed by atoms with Gasteiger partial charge in [-0.15, -0.1) is 0 Å². The molecule has 1 aromatic carbocycles. The van der Waals surface area contributed by atoms with Crippen molar-refractivity contribution < 1.29 is 9.53 Å². The predicted octanol–water partition coefficient (Wildman–Crippen LogP) is 4.10. The number of nitrogens with zero attached hydrogens (tertiary/aromatic N) is 1. The Hall–Kier alpha value is -1.89. The van der Waals surface area contributed by atoms with Gasteiger partial charge >= 0.3 is 5.97 Å². The van der Waals surface area contributed by atoms with Crippen LogP contribution in [0.2, 0.25) is 0 Å². The van der Waals surface area contributed by atoms with Crippen LogP contribution in [0.15, 0.2) is 48.1 Å². The topological polar surface area (TPSA) is 54.5 Å². The summed E-state index contributed by atoms with van der Waals surface area (Å²) in [5.41, 5.74) is 1.93. The summed E-state index contributed by atoms with van der Waals surface area (Å²) in [5.74, 6) is 0.174. The number of H-pyrrole nitrogens is 1. The summed E-state index contributed by atoms with van der Waals surface area (Å²) in [6.45, 7) is 5.88. The van der Waals surface area contributed by atoms with E-state index >= 15 is 0 Å². The van der Waals surface area contributed by atoms with E-state index in [0.29, 0.717) is 17.0 Å². The van der Waals surface area contributed by atoms with Gasteiger partial charge in [-0.25, -0.2) is 9.79 Å². The minimum Gasteiger partial charge on any atom is -0.457 e. The molecule has 0 fully saturated rings. The zero-order valence-corrected chi connectivity index (χ0v) is 13.8. The van der Waals surface area contributed by atoms with Gasteiger partial charge in [-0.05, 0) is 35.1 Å². The van der Waals surface area contributed by atoms with Crippen LogP contribution >= 0.6 is 22.6 Å². The molecule has 4 nitrogen and oxygen atoms in total. The first-order valence-electron chi connectivity index (χ1n) is 6.39. The second kappa shape index (κ2) is 7.21. The van der Waals surface area contributed by atoms with Gasteiger partial charge in [0.15, 0.2) is 0 Å². The molecular formula is C16H15IN2O2. The summed E-state index contributed by atoms with van der Waals surface area (Å²) >= 11 is 2.14. The Bertz CT molecular complexity index is 675. The summed E-state index contributed by atoms with van der Waals surface area (Å²) in [6.07, 6.45) is 3.45. The lowest BCUT2D eigenvalue weighted by Crippen LogP contribution is -2.07. The highest BCUT2D eigenvalue weighted by atomic mass is 127. The normalized spacial score (nSPS) is 10.8. The number of carbonyl (C=O) groups excluding carboxylic acids is 1. The van der Waals surface area contributed by atoms with E-state index in [4.69, 9.17) is 4.74 Å². The van der Waals surface area contributed by atoms with Crippen molar-refractivity contribution in [2.45, 2.75) is 13.5 Å². The Kier molecular flexibility index (Phi) is 5.32. The maximum Gasteiger partial charge on any atom is 0.338 e. The lowest BCUT2D eigenvalue weighted by molar-refractivity contribution is -0.137. The largest absolute Gasteiger partial charge is 0.457 e. The zero-order valence-electron chi connectivity index (χ0n) is 11.6. The van der Waals surface area contributed by atoms with Gasteiger partial charge in [0.25, 0.3) is 0 Å². The molecule has 0 spiro atoms. The second-order valence-corrected chi connectivity index (χ2v) is 5.45. The summed E-state index contributed by atoms with van der Waals surface area (Å²) in [7, 11) is 0. The van der Waals surface area contributed by atoms with E-state index < -0.39 is 5.97 Å². The van der Waals surface area contributed by atoms with E-state index in [2.05, 4.69) is 39.1 Å². The first-order valence-corrected chi connectivity index (χ1v) is 7.47. The average molecular weight is 394 g/mol. The quantitative estimate of drug-likeness (QED) is 0.359. The molecule has 0 aliphatic heterocycles. The lowest BCUT2D eigenvalue weighted by Gasteiger charge is -2.07. The predicted molar refractivity (Wildman–Crippen MR) is 92.6 cm³/mol. The van der Waals surface area contributed by atoms with Crippen molar-refractivity contribution in [1.82, 2.24) is 4.98 Å². The smallest absolute Gasteiger partial charge is 0.338 e. The number of carbonyl (C=O) groups is 1. The monoisotopic (exact) mass is 394 g/mol. The first kappa shape index (κ1) is 15.5. The van der Waals surface area contributed by atoms with E-state index in [1.165, 1.54) is 0 Å². The minimum absolute atomic E-state index is 0.228. The highest BCUT2D eigenvalue weighted by molar-refractivity contribution is 14.1. The third-order valence-electron chi connectivity index (χ3n) is 2.83. The maximum atomic E-state index is 12.1. The average Bonchev–Trinajstić information content (AvgIpc) is 2.86. The van der Waals surface area contributed by atoms with E-state index in [1.807, 2.05) is 37.3 Å². The molecule has 2 aromatic rings. The number of ether oxygens (including phenoxy) is 1. The molecule has 0 amide bonds. The fourth-order valence-corrected chi connectivity index (χ4v) is 2.56. The summed E-state index contributed by atoms with van der Waals surface area (Å²) in [4.78, 5) is 19.3. The molecule has 0 unspecified atom stereocenters. The third kappa shape index (κ3) is 3.81. The van der Waals surface area contributed by atoms with E-state index in [1.54, 1.807) is 12.4 Å². The van der Waals surface area contributed by atoms with Crippen molar-refractivity contribution in [1.29, 1.82) is 0 Å². The number of benzene rings is 1. The molecule has 0 radical (unpaired) electrons. The number of aromatic nitrogens is 1. The number of nitrogens with one attached hydrogen (secondary N) is 1. The van der Waals surface area contributed by atoms with Crippen LogP contribution in [0.25, 0.3) is 5.57 Å². The number of rotatable bonds is 5. The number of halogens is 1. The highest BCUT2D eigenvalue weighted by Crippen LogP contribution is 2.30. The minimum atomic E-state index is -0.441. The van der Waals surface area contributed by atoms with Crippen LogP contribution < -0.4 is 0 Å². The van der Waals surface area contributed by atoms with Gasteiger partial charge in [0.1, 0.15) is 12.4 Å². The van der Waals surface area contributed by atoms with Gasteiger partial charge in [-0.2, -0.15) is 0 Å². The SMILES string of the molecule is C=C(C(=O)OCc1ccccc1)c1c(I)c[nH]c1N=CC. The van der Waals surface area contributed by atoms with Crippen LogP contribution in [0.1, 0.15) is 18.1 Å². The maximum absolute atomic E-state index is 12.1. The number of aromatic amines is 1. The summed E-state index contributed by atoms with van der Waals surface area (Å²) in [5, 5.41) is 0. The Balaban J connectivity index is 2.09. The van der Waals surface area contributed by atoms with Gasteiger partial charge in [0.2, 0.25) is 0 Å². The Morgan fingerprint density at radius 2 is 2.14 bits per heavy atom. The highest BCUT2D eigenvalue weighted by Gasteiger charge is 2.19. The fraction of sp³-hybridized carbons (Fsp3) is 0.125. The summed E-state index contributed by atoms with van der Waals surface area (Å²) in [6, 6.07) is 9.54. The van der Waals surface area contributed by atoms with Crippen molar-refractivity contribution in [3.05, 3.63) is 57.8 Å². The number of hydrogen-bond acceptors (Lipinski definition) is 3. The molecule has 0 aliphatic rings. The number of esters is 1. The second-order valence-electron chi connectivity index (χ2n) is 4.29. The van der Waals surface area contributed by atoms with Crippen LogP contribution in [-0.4, -0.2) is 17.2 Å². The molecule has 1 N–H and O–H groups in total. The van der Waals surface area contributed by atoms with Crippen LogP contribution in [0.3, 0.4) is 0 Å². The van der Waals surface area contributed by atoms with E-state index in [-0.39, 0.29) is 6.61 Å². The van der Waals surface area contributed by atoms with Crippen molar-refractivity contribution in [3.8, 4) is 0 Å². The molecule has 0 atom stereocenters. The van der Waals surface area contributed by atoms with Crippen molar-refractivity contribution in [2.75, 3.05) is 0 Å².